The Labute approximate surface area is 113 Å². The summed E-state index contributed by atoms with van der Waals surface area (Å²) in [5, 5.41) is 3.29. The first-order chi connectivity index (χ1) is 8.15. The lowest BCUT2D eigenvalue weighted by molar-refractivity contribution is 0.304. The molecule has 0 bridgehead atoms. The van der Waals surface area contributed by atoms with E-state index in [1.54, 1.807) is 0 Å². The Balaban J connectivity index is 2.52. The molecule has 0 fully saturated rings. The van der Waals surface area contributed by atoms with E-state index in [1.807, 2.05) is 12.1 Å². The summed E-state index contributed by atoms with van der Waals surface area (Å²) in [6.07, 6.45) is 1.04. The number of benzene rings is 1. The van der Waals surface area contributed by atoms with Crippen LogP contribution in [0, 0.1) is 0 Å². The lowest BCUT2D eigenvalue weighted by atomic mass is 10.0. The summed E-state index contributed by atoms with van der Waals surface area (Å²) in [6.45, 7) is 9.31. The summed E-state index contributed by atoms with van der Waals surface area (Å²) >= 11 is 3.50. The van der Waals surface area contributed by atoms with E-state index in [0.29, 0.717) is 5.92 Å². The van der Waals surface area contributed by atoms with Crippen LogP contribution >= 0.6 is 15.9 Å². The molecular weight excluding hydrogens is 278 g/mol. The first-order valence-electron chi connectivity index (χ1n) is 6.28. The van der Waals surface area contributed by atoms with E-state index in [9.17, 15) is 0 Å². The van der Waals surface area contributed by atoms with Gasteiger partial charge in [-0.1, -0.05) is 36.7 Å². The first-order valence-corrected chi connectivity index (χ1v) is 7.07. The van der Waals surface area contributed by atoms with Crippen molar-refractivity contribution in [3.63, 3.8) is 0 Å². The summed E-state index contributed by atoms with van der Waals surface area (Å²) in [4.78, 5) is 0. The van der Waals surface area contributed by atoms with Crippen LogP contribution in [-0.4, -0.2) is 19.7 Å². The minimum atomic E-state index is 0.483. The maximum absolute atomic E-state index is 5.84. The van der Waals surface area contributed by atoms with Crippen LogP contribution in [0.15, 0.2) is 22.7 Å². The van der Waals surface area contributed by atoms with Gasteiger partial charge >= 0.3 is 0 Å². The Morgan fingerprint density at radius 2 is 2.12 bits per heavy atom. The van der Waals surface area contributed by atoms with Crippen LogP contribution in [0.25, 0.3) is 0 Å². The second-order valence-electron chi connectivity index (χ2n) is 4.39. The number of ether oxygens (including phenoxy) is 1. The molecule has 0 aliphatic heterocycles. The van der Waals surface area contributed by atoms with Crippen molar-refractivity contribution in [1.82, 2.24) is 5.32 Å². The van der Waals surface area contributed by atoms with E-state index in [2.05, 4.69) is 48.1 Å². The molecule has 1 aromatic rings. The highest BCUT2D eigenvalue weighted by Gasteiger charge is 2.08. The Morgan fingerprint density at radius 3 is 2.76 bits per heavy atom. The summed E-state index contributed by atoms with van der Waals surface area (Å²) in [6, 6.07) is 6.22. The van der Waals surface area contributed by atoms with Gasteiger partial charge in [-0.2, -0.15) is 0 Å². The molecule has 0 atom stereocenters. The molecule has 1 N–H and O–H groups in total. The molecule has 0 amide bonds. The zero-order valence-electron chi connectivity index (χ0n) is 10.9. The fourth-order valence-corrected chi connectivity index (χ4v) is 2.04. The van der Waals surface area contributed by atoms with Gasteiger partial charge in [0.25, 0.3) is 0 Å². The maximum atomic E-state index is 5.84. The molecule has 1 rings (SSSR count). The molecule has 0 aromatic heterocycles. The fraction of sp³-hybridized carbons (Fsp3) is 0.571. The maximum Gasteiger partial charge on any atom is 0.122 e. The molecule has 0 spiro atoms. The van der Waals surface area contributed by atoms with Crippen LogP contribution in [0.1, 0.15) is 38.7 Å². The van der Waals surface area contributed by atoms with Gasteiger partial charge in [0.1, 0.15) is 5.75 Å². The lowest BCUT2D eigenvalue weighted by Gasteiger charge is -2.14. The molecule has 0 heterocycles. The molecule has 3 heteroatoms. The van der Waals surface area contributed by atoms with Crippen molar-refractivity contribution >= 4 is 15.9 Å². The van der Waals surface area contributed by atoms with Gasteiger partial charge in [-0.25, -0.2) is 0 Å². The Morgan fingerprint density at radius 1 is 1.35 bits per heavy atom. The van der Waals surface area contributed by atoms with Crippen molar-refractivity contribution in [1.29, 1.82) is 0 Å². The minimum absolute atomic E-state index is 0.483. The number of halogens is 1. The van der Waals surface area contributed by atoms with Gasteiger partial charge in [-0.15, -0.1) is 0 Å². The SMILES string of the molecule is CCNCCCOc1ccc(Br)cc1C(C)C. The van der Waals surface area contributed by atoms with Crippen LogP contribution in [0.4, 0.5) is 0 Å². The van der Waals surface area contributed by atoms with Crippen molar-refractivity contribution in [3.05, 3.63) is 28.2 Å². The highest BCUT2D eigenvalue weighted by atomic mass is 79.9. The molecule has 1 aromatic carbocycles. The van der Waals surface area contributed by atoms with Gasteiger partial charge in [0.15, 0.2) is 0 Å². The second kappa shape index (κ2) is 7.72. The van der Waals surface area contributed by atoms with Crippen molar-refractivity contribution in [2.24, 2.45) is 0 Å². The average Bonchev–Trinajstić information content (AvgIpc) is 2.30. The third-order valence-corrected chi connectivity index (χ3v) is 3.09. The van der Waals surface area contributed by atoms with E-state index in [0.717, 1.165) is 36.3 Å². The van der Waals surface area contributed by atoms with Crippen LogP contribution in [0.2, 0.25) is 0 Å². The average molecular weight is 300 g/mol. The van der Waals surface area contributed by atoms with Crippen molar-refractivity contribution < 1.29 is 4.74 Å². The number of hydrogen-bond acceptors (Lipinski definition) is 2. The zero-order chi connectivity index (χ0) is 12.7. The van der Waals surface area contributed by atoms with E-state index in [4.69, 9.17) is 4.74 Å². The Bertz CT molecular complexity index is 339. The second-order valence-corrected chi connectivity index (χ2v) is 5.31. The lowest BCUT2D eigenvalue weighted by Crippen LogP contribution is -2.16. The molecule has 0 aliphatic rings. The fourth-order valence-electron chi connectivity index (χ4n) is 1.66. The number of hydrogen-bond donors (Lipinski definition) is 1. The molecule has 17 heavy (non-hydrogen) atoms. The first kappa shape index (κ1) is 14.5. The van der Waals surface area contributed by atoms with Crippen LogP contribution in [0.5, 0.6) is 5.75 Å². The predicted octanol–water partition coefficient (Wildman–Crippen LogP) is 3.95. The monoisotopic (exact) mass is 299 g/mol. The number of rotatable bonds is 7. The molecular formula is C14H22BrNO. The number of nitrogens with one attached hydrogen (secondary N) is 1. The van der Waals surface area contributed by atoms with Gasteiger partial charge < -0.3 is 10.1 Å². The van der Waals surface area contributed by atoms with E-state index >= 15 is 0 Å². The normalized spacial score (nSPS) is 10.9. The smallest absolute Gasteiger partial charge is 0.122 e. The van der Waals surface area contributed by atoms with Gasteiger partial charge in [0, 0.05) is 4.47 Å². The molecule has 0 saturated heterocycles. The van der Waals surface area contributed by atoms with Crippen molar-refractivity contribution in [2.45, 2.75) is 33.1 Å². The molecule has 2 nitrogen and oxygen atoms in total. The minimum Gasteiger partial charge on any atom is -0.493 e. The molecule has 0 saturated carbocycles. The van der Waals surface area contributed by atoms with Crippen molar-refractivity contribution in [3.8, 4) is 5.75 Å². The molecule has 0 radical (unpaired) electrons. The quantitative estimate of drug-likeness (QED) is 0.770. The topological polar surface area (TPSA) is 21.3 Å². The third-order valence-electron chi connectivity index (χ3n) is 2.60. The Hall–Kier alpha value is -0.540. The van der Waals surface area contributed by atoms with Gasteiger partial charge in [-0.3, -0.25) is 0 Å². The molecule has 0 unspecified atom stereocenters. The summed E-state index contributed by atoms with van der Waals surface area (Å²) in [7, 11) is 0. The highest BCUT2D eigenvalue weighted by Crippen LogP contribution is 2.29. The zero-order valence-corrected chi connectivity index (χ0v) is 12.5. The van der Waals surface area contributed by atoms with Gasteiger partial charge in [-0.05, 0) is 49.2 Å². The van der Waals surface area contributed by atoms with E-state index in [1.165, 1.54) is 5.56 Å². The van der Waals surface area contributed by atoms with Crippen molar-refractivity contribution in [2.75, 3.05) is 19.7 Å². The third kappa shape index (κ3) is 5.09. The van der Waals surface area contributed by atoms with Crippen LogP contribution in [0.3, 0.4) is 0 Å². The summed E-state index contributed by atoms with van der Waals surface area (Å²) < 4.78 is 6.95. The van der Waals surface area contributed by atoms with Gasteiger partial charge in [0.05, 0.1) is 6.61 Å². The predicted molar refractivity (Wildman–Crippen MR) is 76.9 cm³/mol. The Kier molecular flexibility index (Phi) is 6.60. The summed E-state index contributed by atoms with van der Waals surface area (Å²) in [5.74, 6) is 1.50. The van der Waals surface area contributed by atoms with Crippen LogP contribution < -0.4 is 10.1 Å². The van der Waals surface area contributed by atoms with Crippen LogP contribution in [-0.2, 0) is 0 Å². The van der Waals surface area contributed by atoms with Gasteiger partial charge in [0.2, 0.25) is 0 Å². The molecule has 96 valence electrons. The molecule has 0 aliphatic carbocycles. The standard InChI is InChI=1S/C14H22BrNO/c1-4-16-8-5-9-17-14-7-6-12(15)10-13(14)11(2)3/h6-7,10-11,16H,4-5,8-9H2,1-3H3. The highest BCUT2D eigenvalue weighted by molar-refractivity contribution is 9.10. The largest absolute Gasteiger partial charge is 0.493 e. The van der Waals surface area contributed by atoms with E-state index < -0.39 is 0 Å². The summed E-state index contributed by atoms with van der Waals surface area (Å²) in [5.41, 5.74) is 1.27. The van der Waals surface area contributed by atoms with E-state index in [-0.39, 0.29) is 0 Å².